The van der Waals surface area contributed by atoms with Gasteiger partial charge in [0.05, 0.1) is 19.8 Å². The molecule has 0 saturated carbocycles. The van der Waals surface area contributed by atoms with E-state index in [1.165, 1.54) is 180 Å². The highest BCUT2D eigenvalue weighted by molar-refractivity contribution is 5.70. The molecule has 2 saturated heterocycles. The predicted octanol–water partition coefficient (Wildman–Crippen LogP) is 10.5. The molecule has 0 radical (unpaired) electrons. The minimum atomic E-state index is -1.76. The topological polar surface area (TPSA) is 231 Å². The van der Waals surface area contributed by atoms with Crippen molar-refractivity contribution in [3.05, 3.63) is 12.7 Å². The first-order valence-corrected chi connectivity index (χ1v) is 30.2. The molecule has 11 atom stereocenters. The maximum absolute atomic E-state index is 13.1. The van der Waals surface area contributed by atoms with E-state index < -0.39 is 92.7 Å². The van der Waals surface area contributed by atoms with E-state index in [0.29, 0.717) is 12.8 Å². The number of carbonyl (C=O) groups is 2. The van der Waals surface area contributed by atoms with Crippen LogP contribution in [-0.4, -0.2) is 142 Å². The first-order chi connectivity index (χ1) is 36.0. The van der Waals surface area contributed by atoms with E-state index in [2.05, 4.69) is 13.5 Å². The van der Waals surface area contributed by atoms with Gasteiger partial charge in [0, 0.05) is 12.8 Å². The Balaban J connectivity index is 1.71. The molecule has 15 nitrogen and oxygen atoms in total. The van der Waals surface area contributed by atoms with Crippen molar-refractivity contribution in [3.8, 4) is 0 Å². The number of aliphatic hydroxyl groups excluding tert-OH is 7. The van der Waals surface area contributed by atoms with Crippen LogP contribution >= 0.6 is 0 Å². The van der Waals surface area contributed by atoms with Crippen molar-refractivity contribution in [1.82, 2.24) is 0 Å². The van der Waals surface area contributed by atoms with E-state index in [1.807, 2.05) is 6.08 Å². The van der Waals surface area contributed by atoms with Gasteiger partial charge in [-0.1, -0.05) is 225 Å². The molecule has 0 aromatic heterocycles. The molecule has 15 heteroatoms. The normalized spacial score (nSPS) is 24.5. The molecule has 2 aliphatic heterocycles. The van der Waals surface area contributed by atoms with Gasteiger partial charge < -0.3 is 64.2 Å². The maximum atomic E-state index is 13.1. The van der Waals surface area contributed by atoms with Crippen LogP contribution in [0.5, 0.6) is 0 Å². The van der Waals surface area contributed by atoms with Crippen molar-refractivity contribution in [2.75, 3.05) is 26.4 Å². The van der Waals surface area contributed by atoms with E-state index in [1.54, 1.807) is 0 Å². The van der Waals surface area contributed by atoms with Crippen molar-refractivity contribution in [2.24, 2.45) is 0 Å². The number of hydrogen-bond acceptors (Lipinski definition) is 15. The molecule has 2 rings (SSSR count). The van der Waals surface area contributed by atoms with Gasteiger partial charge in [-0.3, -0.25) is 9.59 Å². The minimum absolute atomic E-state index is 0.172. The molecule has 0 bridgehead atoms. The maximum Gasteiger partial charge on any atom is 0.306 e. The van der Waals surface area contributed by atoms with Gasteiger partial charge in [0.1, 0.15) is 55.4 Å². The van der Waals surface area contributed by atoms with Gasteiger partial charge in [0.25, 0.3) is 0 Å². The monoisotopic (exact) mass is 1060 g/mol. The molecule has 436 valence electrons. The molecule has 0 aliphatic carbocycles. The number of unbranched alkanes of at least 4 members (excludes halogenated alkanes) is 35. The predicted molar refractivity (Wildman–Crippen MR) is 289 cm³/mol. The summed E-state index contributed by atoms with van der Waals surface area (Å²) >= 11 is 0. The first-order valence-electron chi connectivity index (χ1n) is 30.2. The van der Waals surface area contributed by atoms with Gasteiger partial charge in [-0.25, -0.2) is 0 Å². The summed E-state index contributed by atoms with van der Waals surface area (Å²) in [5.41, 5.74) is 0. The number of hydrogen-bond donors (Lipinski definition) is 7. The highest BCUT2D eigenvalue weighted by atomic mass is 16.7. The molecular weight excluding hydrogens is 949 g/mol. The van der Waals surface area contributed by atoms with E-state index >= 15 is 0 Å². The van der Waals surface area contributed by atoms with Crippen LogP contribution in [0.1, 0.15) is 257 Å². The Morgan fingerprint density at radius 3 is 1.20 bits per heavy atom. The van der Waals surface area contributed by atoms with Gasteiger partial charge in [-0.2, -0.15) is 0 Å². The van der Waals surface area contributed by atoms with Gasteiger partial charge in [0.2, 0.25) is 0 Å². The fraction of sp³-hybridized carbons (Fsp3) is 0.932. The Bertz CT molecular complexity index is 1320. The quantitative estimate of drug-likeness (QED) is 0.0171. The van der Waals surface area contributed by atoms with Gasteiger partial charge in [-0.05, 0) is 25.7 Å². The van der Waals surface area contributed by atoms with E-state index in [9.17, 15) is 45.3 Å². The fourth-order valence-electron chi connectivity index (χ4n) is 9.97. The van der Waals surface area contributed by atoms with Crippen LogP contribution in [-0.2, 0) is 38.0 Å². The summed E-state index contributed by atoms with van der Waals surface area (Å²) in [5, 5.41) is 72.3. The van der Waals surface area contributed by atoms with Crippen LogP contribution in [0.4, 0.5) is 0 Å². The van der Waals surface area contributed by atoms with Gasteiger partial charge in [-0.15, -0.1) is 6.58 Å². The number of carbonyl (C=O) groups excluding carboxylic acids is 2. The summed E-state index contributed by atoms with van der Waals surface area (Å²) in [7, 11) is 0. The third-order valence-electron chi connectivity index (χ3n) is 14.9. The first kappa shape index (κ1) is 68.3. The van der Waals surface area contributed by atoms with Gasteiger partial charge in [0.15, 0.2) is 18.7 Å². The molecule has 2 heterocycles. The number of rotatable bonds is 50. The summed E-state index contributed by atoms with van der Waals surface area (Å²) in [4.78, 5) is 25.9. The molecule has 0 amide bonds. The molecule has 4 unspecified atom stereocenters. The summed E-state index contributed by atoms with van der Waals surface area (Å²) in [6.07, 6.45) is 31.3. The number of esters is 2. The van der Waals surface area contributed by atoms with Crippen molar-refractivity contribution >= 4 is 11.9 Å². The Morgan fingerprint density at radius 2 is 0.797 bits per heavy atom. The molecule has 74 heavy (non-hydrogen) atoms. The SMILES string of the molecule is C=CCCCCCCCCCCCCCCCC(=O)OC[C@H](CO[C@H]1O[C@@H](CO[C@H]2O[C@@H](CO)[C@@H](O)C(O)C2O)[C@@H](O)C(O)C1O)OC(=O)CCCCCCCCCCCCCCCCCCCCCCCCC. The molecule has 2 aliphatic rings. The zero-order valence-corrected chi connectivity index (χ0v) is 46.4. The average Bonchev–Trinajstić information content (AvgIpc) is 3.39. The molecular formula is C59H110O15. The Hall–Kier alpha value is -1.76. The Kier molecular flexibility index (Phi) is 42.7. The lowest BCUT2D eigenvalue weighted by atomic mass is 9.98. The third-order valence-corrected chi connectivity index (χ3v) is 14.9. The molecule has 0 spiro atoms. The zero-order chi connectivity index (χ0) is 53.9. The van der Waals surface area contributed by atoms with Crippen molar-refractivity contribution in [1.29, 1.82) is 0 Å². The number of aliphatic hydroxyl groups is 7. The van der Waals surface area contributed by atoms with Crippen LogP contribution in [0.15, 0.2) is 12.7 Å². The van der Waals surface area contributed by atoms with Gasteiger partial charge >= 0.3 is 11.9 Å². The van der Waals surface area contributed by atoms with E-state index in [0.717, 1.165) is 44.9 Å². The minimum Gasteiger partial charge on any atom is -0.462 e. The lowest BCUT2D eigenvalue weighted by molar-refractivity contribution is -0.332. The summed E-state index contributed by atoms with van der Waals surface area (Å²) in [5.74, 6) is -0.910. The smallest absolute Gasteiger partial charge is 0.306 e. The Labute approximate surface area is 448 Å². The standard InChI is InChI=1S/C59H110O15/c1-3-5-7-9-11-13-15-17-19-20-21-22-23-24-25-26-28-30-32-34-36-38-40-42-51(62)72-47(44-69-50(61)41-39-37-35-33-31-29-27-18-16-14-12-10-8-6-4-2)45-70-58-57(68)55(66)53(64)49(74-58)46-71-59-56(67)54(65)52(63)48(43-60)73-59/h4,47-49,52-60,63-68H,2-3,5-46H2,1H3/t47-,48+,49+,52-,53-,54?,55?,56?,57?,58+,59+/m1/s1. The second kappa shape index (κ2) is 46.2. The Morgan fingerprint density at radius 1 is 0.446 bits per heavy atom. The van der Waals surface area contributed by atoms with Crippen molar-refractivity contribution < 1.29 is 73.8 Å². The van der Waals surface area contributed by atoms with Crippen LogP contribution in [0, 0.1) is 0 Å². The summed E-state index contributed by atoms with van der Waals surface area (Å²) in [6, 6.07) is 0. The van der Waals surface area contributed by atoms with Crippen LogP contribution in [0.3, 0.4) is 0 Å². The molecule has 0 aromatic rings. The number of allylic oxidation sites excluding steroid dienone is 1. The second-order valence-corrected chi connectivity index (χ2v) is 21.6. The van der Waals surface area contributed by atoms with Crippen molar-refractivity contribution in [3.63, 3.8) is 0 Å². The summed E-state index contributed by atoms with van der Waals surface area (Å²) in [6.45, 7) is 4.19. The molecule has 2 fully saturated rings. The molecule has 7 N–H and O–H groups in total. The van der Waals surface area contributed by atoms with Crippen molar-refractivity contribution in [2.45, 2.75) is 325 Å². The lowest BCUT2D eigenvalue weighted by Gasteiger charge is -2.42. The fourth-order valence-corrected chi connectivity index (χ4v) is 9.97. The summed E-state index contributed by atoms with van der Waals surface area (Å²) < 4.78 is 33.7. The number of ether oxygens (including phenoxy) is 6. The van der Waals surface area contributed by atoms with E-state index in [4.69, 9.17) is 28.4 Å². The lowest BCUT2D eigenvalue weighted by Crippen LogP contribution is -2.61. The average molecular weight is 1060 g/mol. The largest absolute Gasteiger partial charge is 0.462 e. The van der Waals surface area contributed by atoms with Crippen LogP contribution in [0.25, 0.3) is 0 Å². The second-order valence-electron chi connectivity index (χ2n) is 21.6. The third kappa shape index (κ3) is 32.9. The highest BCUT2D eigenvalue weighted by Crippen LogP contribution is 2.27. The molecule has 0 aromatic carbocycles. The zero-order valence-electron chi connectivity index (χ0n) is 46.4. The van der Waals surface area contributed by atoms with E-state index in [-0.39, 0.29) is 26.1 Å². The van der Waals surface area contributed by atoms with Crippen LogP contribution < -0.4 is 0 Å². The van der Waals surface area contributed by atoms with Crippen LogP contribution in [0.2, 0.25) is 0 Å². The highest BCUT2D eigenvalue weighted by Gasteiger charge is 2.47.